The van der Waals surface area contributed by atoms with Gasteiger partial charge in [-0.1, -0.05) is 48.0 Å². The van der Waals surface area contributed by atoms with Gasteiger partial charge in [0.2, 0.25) is 0 Å². The van der Waals surface area contributed by atoms with Crippen LogP contribution in [0.3, 0.4) is 0 Å². The normalized spacial score (nSPS) is 10.8. The van der Waals surface area contributed by atoms with Gasteiger partial charge in [-0.3, -0.25) is 4.79 Å². The fraction of sp³-hybridized carbons (Fsp3) is 0.120. The van der Waals surface area contributed by atoms with Gasteiger partial charge in [0.1, 0.15) is 29.7 Å². The second-order valence-corrected chi connectivity index (χ2v) is 7.20. The fourth-order valence-corrected chi connectivity index (χ4v) is 3.02. The topological polar surface area (TPSA) is 71.3 Å². The summed E-state index contributed by atoms with van der Waals surface area (Å²) in [6.07, 6.45) is 1.50. The van der Waals surface area contributed by atoms with Crippen LogP contribution in [0.15, 0.2) is 72.3 Å². The lowest BCUT2D eigenvalue weighted by Gasteiger charge is -2.12. The van der Waals surface area contributed by atoms with E-state index < -0.39 is 5.91 Å². The summed E-state index contributed by atoms with van der Waals surface area (Å²) in [6, 6.07) is 22.1. The third kappa shape index (κ3) is 5.88. The first kappa shape index (κ1) is 21.9. The van der Waals surface area contributed by atoms with Crippen LogP contribution in [-0.4, -0.2) is 13.0 Å². The van der Waals surface area contributed by atoms with Gasteiger partial charge in [0, 0.05) is 22.3 Å². The maximum absolute atomic E-state index is 12.7. The number of benzene rings is 3. The molecule has 0 aliphatic rings. The molecular formula is C25H21ClN2O3. The zero-order valence-corrected chi connectivity index (χ0v) is 17.9. The summed E-state index contributed by atoms with van der Waals surface area (Å²) in [6.45, 7) is 2.19. The van der Waals surface area contributed by atoms with E-state index in [-0.39, 0.29) is 5.57 Å². The van der Waals surface area contributed by atoms with Crippen LogP contribution in [0.4, 0.5) is 5.69 Å². The van der Waals surface area contributed by atoms with E-state index >= 15 is 0 Å². The minimum Gasteiger partial charge on any atom is -0.497 e. The van der Waals surface area contributed by atoms with Crippen molar-refractivity contribution in [2.24, 2.45) is 0 Å². The van der Waals surface area contributed by atoms with Crippen molar-refractivity contribution in [1.82, 2.24) is 0 Å². The van der Waals surface area contributed by atoms with Crippen molar-refractivity contribution in [2.45, 2.75) is 13.5 Å². The van der Waals surface area contributed by atoms with Crippen LogP contribution in [0.5, 0.6) is 11.5 Å². The average molecular weight is 433 g/mol. The Bertz CT molecular complexity index is 1150. The highest BCUT2D eigenvalue weighted by molar-refractivity contribution is 6.31. The highest BCUT2D eigenvalue weighted by atomic mass is 35.5. The molecule has 31 heavy (non-hydrogen) atoms. The van der Waals surface area contributed by atoms with Crippen molar-refractivity contribution < 1.29 is 14.3 Å². The molecule has 0 spiro atoms. The number of methoxy groups -OCH3 is 1. The number of ether oxygens (including phenoxy) is 2. The van der Waals surface area contributed by atoms with Gasteiger partial charge in [-0.15, -0.1) is 0 Å². The van der Waals surface area contributed by atoms with E-state index in [9.17, 15) is 10.1 Å². The van der Waals surface area contributed by atoms with Crippen molar-refractivity contribution in [3.05, 3.63) is 94.0 Å². The Balaban J connectivity index is 1.87. The third-order valence-electron chi connectivity index (χ3n) is 4.57. The summed E-state index contributed by atoms with van der Waals surface area (Å²) >= 11 is 6.02. The Morgan fingerprint density at radius 1 is 1.13 bits per heavy atom. The van der Waals surface area contributed by atoms with Crippen molar-refractivity contribution in [3.63, 3.8) is 0 Å². The zero-order chi connectivity index (χ0) is 22.2. The smallest absolute Gasteiger partial charge is 0.266 e. The minimum absolute atomic E-state index is 0.0610. The third-order valence-corrected chi connectivity index (χ3v) is 4.81. The maximum Gasteiger partial charge on any atom is 0.266 e. The van der Waals surface area contributed by atoms with Crippen molar-refractivity contribution in [3.8, 4) is 17.6 Å². The highest BCUT2D eigenvalue weighted by Crippen LogP contribution is 2.28. The monoisotopic (exact) mass is 432 g/mol. The predicted molar refractivity (Wildman–Crippen MR) is 122 cm³/mol. The molecule has 0 aliphatic heterocycles. The predicted octanol–water partition coefficient (Wildman–Crippen LogP) is 5.78. The number of carbonyl (C=O) groups excluding carboxylic acids is 1. The van der Waals surface area contributed by atoms with Gasteiger partial charge in [0.05, 0.1) is 7.11 Å². The molecule has 0 heterocycles. The minimum atomic E-state index is -0.530. The molecule has 3 aromatic rings. The van der Waals surface area contributed by atoms with Gasteiger partial charge in [0.15, 0.2) is 0 Å². The number of amides is 1. The lowest BCUT2D eigenvalue weighted by atomic mass is 10.1. The van der Waals surface area contributed by atoms with Gasteiger partial charge in [0.25, 0.3) is 5.91 Å². The van der Waals surface area contributed by atoms with E-state index in [1.165, 1.54) is 6.08 Å². The van der Waals surface area contributed by atoms with E-state index in [0.717, 1.165) is 11.1 Å². The van der Waals surface area contributed by atoms with E-state index in [1.807, 2.05) is 43.3 Å². The van der Waals surface area contributed by atoms with Crippen LogP contribution >= 0.6 is 11.6 Å². The second kappa shape index (κ2) is 10.3. The largest absolute Gasteiger partial charge is 0.497 e. The van der Waals surface area contributed by atoms with Crippen LogP contribution in [0, 0.1) is 18.3 Å². The Hall–Kier alpha value is -3.75. The number of hydrogen-bond acceptors (Lipinski definition) is 4. The Morgan fingerprint density at radius 2 is 1.90 bits per heavy atom. The van der Waals surface area contributed by atoms with E-state index in [1.54, 1.807) is 43.5 Å². The number of carbonyl (C=O) groups is 1. The molecule has 3 rings (SSSR count). The number of hydrogen-bond donors (Lipinski definition) is 1. The van der Waals surface area contributed by atoms with Crippen LogP contribution in [0.25, 0.3) is 6.08 Å². The van der Waals surface area contributed by atoms with E-state index in [0.29, 0.717) is 34.4 Å². The zero-order valence-electron chi connectivity index (χ0n) is 17.2. The lowest BCUT2D eigenvalue weighted by molar-refractivity contribution is -0.112. The molecule has 0 fully saturated rings. The number of rotatable bonds is 7. The molecule has 0 saturated carbocycles. The van der Waals surface area contributed by atoms with Crippen molar-refractivity contribution in [2.75, 3.05) is 12.4 Å². The van der Waals surface area contributed by atoms with E-state index in [4.69, 9.17) is 21.1 Å². The number of aryl methyl sites for hydroxylation is 1. The van der Waals surface area contributed by atoms with Gasteiger partial charge in [-0.2, -0.15) is 5.26 Å². The summed E-state index contributed by atoms with van der Waals surface area (Å²) in [5, 5.41) is 12.8. The maximum atomic E-state index is 12.7. The summed E-state index contributed by atoms with van der Waals surface area (Å²) in [4.78, 5) is 12.7. The molecule has 6 heteroatoms. The van der Waals surface area contributed by atoms with Gasteiger partial charge < -0.3 is 14.8 Å². The SMILES string of the molecule is COc1ccc(/C=C(\C#N)C(=O)Nc2cc(Cl)ccc2C)c(OCc2ccccc2)c1. The Morgan fingerprint density at radius 3 is 2.61 bits per heavy atom. The van der Waals surface area contributed by atoms with Gasteiger partial charge in [-0.05, 0) is 48.4 Å². The standard InChI is InChI=1S/C25H21ClN2O3/c1-17-8-10-21(26)13-23(17)28-25(29)20(15-27)12-19-9-11-22(30-2)14-24(19)31-16-18-6-4-3-5-7-18/h3-14H,16H2,1-2H3,(H,28,29)/b20-12+. The highest BCUT2D eigenvalue weighted by Gasteiger charge is 2.13. The summed E-state index contributed by atoms with van der Waals surface area (Å²) in [7, 11) is 1.56. The van der Waals surface area contributed by atoms with Crippen LogP contribution in [-0.2, 0) is 11.4 Å². The Labute approximate surface area is 186 Å². The molecule has 0 aliphatic carbocycles. The first-order valence-corrected chi connectivity index (χ1v) is 9.92. The number of halogens is 1. The quantitative estimate of drug-likeness (QED) is 0.379. The van der Waals surface area contributed by atoms with Crippen LogP contribution in [0.2, 0.25) is 5.02 Å². The fourth-order valence-electron chi connectivity index (χ4n) is 2.84. The summed E-state index contributed by atoms with van der Waals surface area (Å²) < 4.78 is 11.2. The first-order chi connectivity index (χ1) is 15.0. The van der Waals surface area contributed by atoms with Crippen LogP contribution < -0.4 is 14.8 Å². The number of nitriles is 1. The molecule has 5 nitrogen and oxygen atoms in total. The molecule has 0 aromatic heterocycles. The Kier molecular flexibility index (Phi) is 7.31. The lowest BCUT2D eigenvalue weighted by Crippen LogP contribution is -2.14. The van der Waals surface area contributed by atoms with E-state index in [2.05, 4.69) is 5.32 Å². The second-order valence-electron chi connectivity index (χ2n) is 6.76. The van der Waals surface area contributed by atoms with Crippen LogP contribution in [0.1, 0.15) is 16.7 Å². The molecule has 156 valence electrons. The first-order valence-electron chi connectivity index (χ1n) is 9.54. The average Bonchev–Trinajstić information content (AvgIpc) is 2.79. The summed E-state index contributed by atoms with van der Waals surface area (Å²) in [5.41, 5.74) is 2.91. The number of nitrogens with zero attached hydrogens (tertiary/aromatic N) is 1. The number of nitrogens with one attached hydrogen (secondary N) is 1. The molecule has 1 N–H and O–H groups in total. The molecule has 0 unspecified atom stereocenters. The molecule has 3 aromatic carbocycles. The van der Waals surface area contributed by atoms with Crippen molar-refractivity contribution in [1.29, 1.82) is 5.26 Å². The molecular weight excluding hydrogens is 412 g/mol. The van der Waals surface area contributed by atoms with Gasteiger partial charge in [-0.25, -0.2) is 0 Å². The summed E-state index contributed by atoms with van der Waals surface area (Å²) in [5.74, 6) is 0.582. The molecule has 0 saturated heterocycles. The number of anilines is 1. The van der Waals surface area contributed by atoms with Crippen molar-refractivity contribution >= 4 is 29.3 Å². The molecule has 0 bridgehead atoms. The molecule has 0 atom stereocenters. The molecule has 0 radical (unpaired) electrons. The molecule has 1 amide bonds. The van der Waals surface area contributed by atoms with Gasteiger partial charge >= 0.3 is 0 Å².